The Bertz CT molecular complexity index is 847. The summed E-state index contributed by atoms with van der Waals surface area (Å²) in [5.41, 5.74) is 1.52. The molecule has 0 spiro atoms. The summed E-state index contributed by atoms with van der Waals surface area (Å²) >= 11 is 0. The Labute approximate surface area is 132 Å². The largest absolute Gasteiger partial charge is 0.505 e. The molecule has 4 nitrogen and oxygen atoms in total. The highest BCUT2D eigenvalue weighted by Crippen LogP contribution is 2.26. The second-order valence-corrected chi connectivity index (χ2v) is 5.17. The second-order valence-electron chi connectivity index (χ2n) is 5.17. The number of nitrogens with one attached hydrogen (secondary N) is 1. The maximum Gasteiger partial charge on any atom is 0.255 e. The maximum absolute atomic E-state index is 12.8. The van der Waals surface area contributed by atoms with Gasteiger partial charge in [0, 0.05) is 18.1 Å². The van der Waals surface area contributed by atoms with Gasteiger partial charge in [-0.1, -0.05) is 24.3 Å². The van der Waals surface area contributed by atoms with Gasteiger partial charge in [0.25, 0.3) is 5.91 Å². The SMILES string of the molecule is O=C(NCCc1ccc(F)cc1)c1ccc2cccnc2c1O. The van der Waals surface area contributed by atoms with Crippen LogP contribution in [0.4, 0.5) is 4.39 Å². The Balaban J connectivity index is 1.68. The summed E-state index contributed by atoms with van der Waals surface area (Å²) in [5, 5.41) is 13.7. The van der Waals surface area contributed by atoms with Gasteiger partial charge in [-0.15, -0.1) is 0 Å². The van der Waals surface area contributed by atoms with Gasteiger partial charge in [-0.2, -0.15) is 0 Å². The van der Waals surface area contributed by atoms with Crippen LogP contribution in [-0.2, 0) is 6.42 Å². The number of carbonyl (C=O) groups excluding carboxylic acids is 1. The molecule has 0 radical (unpaired) electrons. The molecular weight excluding hydrogens is 295 g/mol. The third kappa shape index (κ3) is 3.29. The number of pyridine rings is 1. The zero-order chi connectivity index (χ0) is 16.2. The molecule has 1 amide bonds. The molecule has 2 N–H and O–H groups in total. The average molecular weight is 310 g/mol. The van der Waals surface area contributed by atoms with E-state index in [1.54, 1.807) is 36.5 Å². The summed E-state index contributed by atoms with van der Waals surface area (Å²) in [6, 6.07) is 13.0. The molecule has 0 aliphatic heterocycles. The predicted octanol–water partition coefficient (Wildman–Crippen LogP) is 3.05. The maximum atomic E-state index is 12.8. The molecule has 3 aromatic rings. The number of nitrogens with zero attached hydrogens (tertiary/aromatic N) is 1. The molecule has 1 heterocycles. The van der Waals surface area contributed by atoms with Crippen molar-refractivity contribution in [3.63, 3.8) is 0 Å². The van der Waals surface area contributed by atoms with E-state index < -0.39 is 0 Å². The van der Waals surface area contributed by atoms with Crippen LogP contribution >= 0.6 is 0 Å². The summed E-state index contributed by atoms with van der Waals surface area (Å²) < 4.78 is 12.8. The molecule has 0 saturated heterocycles. The van der Waals surface area contributed by atoms with Crippen LogP contribution in [0.25, 0.3) is 10.9 Å². The number of aromatic hydroxyl groups is 1. The first-order valence-corrected chi connectivity index (χ1v) is 7.24. The van der Waals surface area contributed by atoms with Crippen LogP contribution in [0, 0.1) is 5.82 Å². The molecule has 116 valence electrons. The molecule has 0 aliphatic rings. The molecule has 2 aromatic carbocycles. The Morgan fingerprint density at radius 2 is 1.91 bits per heavy atom. The fourth-order valence-electron chi connectivity index (χ4n) is 2.38. The van der Waals surface area contributed by atoms with Crippen LogP contribution in [0.2, 0.25) is 0 Å². The molecule has 0 fully saturated rings. The van der Waals surface area contributed by atoms with Crippen molar-refractivity contribution in [2.75, 3.05) is 6.54 Å². The lowest BCUT2D eigenvalue weighted by Crippen LogP contribution is -2.25. The third-order valence-electron chi connectivity index (χ3n) is 3.61. The van der Waals surface area contributed by atoms with Gasteiger partial charge in [-0.3, -0.25) is 9.78 Å². The Hall–Kier alpha value is -2.95. The number of rotatable bonds is 4. The van der Waals surface area contributed by atoms with Crippen LogP contribution in [0.3, 0.4) is 0 Å². The zero-order valence-corrected chi connectivity index (χ0v) is 12.3. The lowest BCUT2D eigenvalue weighted by Gasteiger charge is -2.08. The van der Waals surface area contributed by atoms with E-state index >= 15 is 0 Å². The first-order valence-electron chi connectivity index (χ1n) is 7.24. The minimum Gasteiger partial charge on any atom is -0.505 e. The predicted molar refractivity (Wildman–Crippen MR) is 85.8 cm³/mol. The monoisotopic (exact) mass is 310 g/mol. The van der Waals surface area contributed by atoms with Gasteiger partial charge in [0.1, 0.15) is 11.3 Å². The van der Waals surface area contributed by atoms with Crippen molar-refractivity contribution in [2.24, 2.45) is 0 Å². The van der Waals surface area contributed by atoms with E-state index in [4.69, 9.17) is 0 Å². The van der Waals surface area contributed by atoms with Crippen molar-refractivity contribution in [3.05, 3.63) is 71.7 Å². The summed E-state index contributed by atoms with van der Waals surface area (Å²) in [7, 11) is 0. The van der Waals surface area contributed by atoms with Gasteiger partial charge in [0.15, 0.2) is 5.75 Å². The quantitative estimate of drug-likeness (QED) is 0.778. The van der Waals surface area contributed by atoms with Gasteiger partial charge in [0.2, 0.25) is 0 Å². The number of benzene rings is 2. The Morgan fingerprint density at radius 3 is 2.70 bits per heavy atom. The summed E-state index contributed by atoms with van der Waals surface area (Å²) in [6.45, 7) is 0.393. The smallest absolute Gasteiger partial charge is 0.255 e. The van der Waals surface area contributed by atoms with Crippen LogP contribution < -0.4 is 5.32 Å². The summed E-state index contributed by atoms with van der Waals surface area (Å²) in [6.07, 6.45) is 2.15. The number of phenolic OH excluding ortho intramolecular Hbond substituents is 1. The normalized spacial score (nSPS) is 10.7. The number of aromatic nitrogens is 1. The molecule has 0 bridgehead atoms. The summed E-state index contributed by atoms with van der Waals surface area (Å²) in [5.74, 6) is -0.772. The minimum atomic E-state index is -0.364. The van der Waals surface area contributed by atoms with E-state index in [2.05, 4.69) is 10.3 Å². The van der Waals surface area contributed by atoms with Gasteiger partial charge in [0.05, 0.1) is 5.56 Å². The molecule has 3 rings (SSSR count). The molecule has 0 aliphatic carbocycles. The standard InChI is InChI=1S/C18H15FN2O2/c19-14-6-3-12(4-7-14)9-11-21-18(23)15-8-5-13-2-1-10-20-16(13)17(15)22/h1-8,10,22H,9,11H2,(H,21,23). The fourth-order valence-corrected chi connectivity index (χ4v) is 2.38. The molecule has 23 heavy (non-hydrogen) atoms. The van der Waals surface area contributed by atoms with E-state index in [9.17, 15) is 14.3 Å². The van der Waals surface area contributed by atoms with Crippen LogP contribution in [0.5, 0.6) is 5.75 Å². The first kappa shape index (κ1) is 15.0. The van der Waals surface area contributed by atoms with Crippen molar-refractivity contribution in [1.29, 1.82) is 0 Å². The van der Waals surface area contributed by atoms with Crippen LogP contribution in [0.1, 0.15) is 15.9 Å². The third-order valence-corrected chi connectivity index (χ3v) is 3.61. The number of carbonyl (C=O) groups is 1. The number of phenols is 1. The Kier molecular flexibility index (Phi) is 4.19. The highest BCUT2D eigenvalue weighted by Gasteiger charge is 2.14. The van der Waals surface area contributed by atoms with Gasteiger partial charge < -0.3 is 10.4 Å². The molecular formula is C18H15FN2O2. The number of halogens is 1. The van der Waals surface area contributed by atoms with Gasteiger partial charge in [-0.25, -0.2) is 4.39 Å². The lowest BCUT2D eigenvalue weighted by atomic mass is 10.1. The molecule has 0 saturated carbocycles. The van der Waals surface area contributed by atoms with E-state index in [0.717, 1.165) is 10.9 Å². The van der Waals surface area contributed by atoms with Gasteiger partial charge in [-0.05, 0) is 36.2 Å². The van der Waals surface area contributed by atoms with Crippen molar-refractivity contribution in [2.45, 2.75) is 6.42 Å². The minimum absolute atomic E-state index is 0.123. The number of hydrogen-bond donors (Lipinski definition) is 2. The highest BCUT2D eigenvalue weighted by molar-refractivity contribution is 6.02. The fraction of sp³-hybridized carbons (Fsp3) is 0.111. The van der Waals surface area contributed by atoms with Crippen molar-refractivity contribution in [1.82, 2.24) is 10.3 Å². The van der Waals surface area contributed by atoms with Crippen molar-refractivity contribution in [3.8, 4) is 5.75 Å². The van der Waals surface area contributed by atoms with E-state index in [1.807, 2.05) is 6.07 Å². The topological polar surface area (TPSA) is 62.2 Å². The number of fused-ring (bicyclic) bond motifs is 1. The molecule has 5 heteroatoms. The average Bonchev–Trinajstić information content (AvgIpc) is 2.57. The molecule has 0 atom stereocenters. The molecule has 0 unspecified atom stereocenters. The van der Waals surface area contributed by atoms with E-state index in [0.29, 0.717) is 18.5 Å². The molecule has 1 aromatic heterocycles. The van der Waals surface area contributed by atoms with Crippen LogP contribution in [0.15, 0.2) is 54.7 Å². The first-order chi connectivity index (χ1) is 11.1. The highest BCUT2D eigenvalue weighted by atomic mass is 19.1. The van der Waals surface area contributed by atoms with Crippen molar-refractivity contribution < 1.29 is 14.3 Å². The zero-order valence-electron chi connectivity index (χ0n) is 12.3. The number of amides is 1. The second kappa shape index (κ2) is 6.44. The Morgan fingerprint density at radius 1 is 1.13 bits per heavy atom. The summed E-state index contributed by atoms with van der Waals surface area (Å²) in [4.78, 5) is 16.3. The van der Waals surface area contributed by atoms with E-state index in [1.165, 1.54) is 12.1 Å². The van der Waals surface area contributed by atoms with Crippen molar-refractivity contribution >= 4 is 16.8 Å². The lowest BCUT2D eigenvalue weighted by molar-refractivity contribution is 0.0951. The number of hydrogen-bond acceptors (Lipinski definition) is 3. The van der Waals surface area contributed by atoms with Crippen LogP contribution in [-0.4, -0.2) is 22.5 Å². The van der Waals surface area contributed by atoms with E-state index in [-0.39, 0.29) is 23.0 Å². The van der Waals surface area contributed by atoms with Gasteiger partial charge >= 0.3 is 0 Å².